The van der Waals surface area contributed by atoms with Crippen LogP contribution in [0.4, 0.5) is 0 Å². The third-order valence-corrected chi connectivity index (χ3v) is 1.97. The third kappa shape index (κ3) is 2.29. The Morgan fingerprint density at radius 3 is 2.85 bits per heavy atom. The standard InChI is InChI=1S/C9H17N3O/c1-7(2)12-8(4-6-11-12)9(13)3-5-10/h4,6-7,9,13H,3,5,10H2,1-2H3. The molecule has 0 aliphatic rings. The molecule has 0 aliphatic carbocycles. The van der Waals surface area contributed by atoms with Gasteiger partial charge in [-0.1, -0.05) is 0 Å². The van der Waals surface area contributed by atoms with E-state index in [1.165, 1.54) is 0 Å². The predicted molar refractivity (Wildman–Crippen MR) is 51.2 cm³/mol. The second-order valence-electron chi connectivity index (χ2n) is 3.39. The monoisotopic (exact) mass is 183 g/mol. The number of hydrogen-bond donors (Lipinski definition) is 2. The van der Waals surface area contributed by atoms with E-state index in [4.69, 9.17) is 5.73 Å². The first-order valence-electron chi connectivity index (χ1n) is 4.58. The van der Waals surface area contributed by atoms with Crippen molar-refractivity contribution in [1.82, 2.24) is 9.78 Å². The predicted octanol–water partition coefficient (Wildman–Crippen LogP) is 0.846. The van der Waals surface area contributed by atoms with Gasteiger partial charge >= 0.3 is 0 Å². The SMILES string of the molecule is CC(C)n1nccc1C(O)CCN. The molecule has 0 amide bonds. The van der Waals surface area contributed by atoms with E-state index < -0.39 is 6.10 Å². The fourth-order valence-electron chi connectivity index (χ4n) is 1.33. The van der Waals surface area contributed by atoms with E-state index in [2.05, 4.69) is 5.10 Å². The van der Waals surface area contributed by atoms with Gasteiger partial charge in [-0.3, -0.25) is 4.68 Å². The van der Waals surface area contributed by atoms with Gasteiger partial charge in [-0.15, -0.1) is 0 Å². The molecule has 4 heteroatoms. The van der Waals surface area contributed by atoms with Gasteiger partial charge in [0.2, 0.25) is 0 Å². The zero-order valence-electron chi connectivity index (χ0n) is 8.14. The summed E-state index contributed by atoms with van der Waals surface area (Å²) in [4.78, 5) is 0. The molecular weight excluding hydrogens is 166 g/mol. The molecule has 0 fully saturated rings. The van der Waals surface area contributed by atoms with E-state index in [1.807, 2.05) is 24.6 Å². The molecular formula is C9H17N3O. The Labute approximate surface area is 78.4 Å². The number of aromatic nitrogens is 2. The summed E-state index contributed by atoms with van der Waals surface area (Å²) in [6.45, 7) is 4.56. The van der Waals surface area contributed by atoms with Gasteiger partial charge in [-0.2, -0.15) is 5.10 Å². The smallest absolute Gasteiger partial charge is 0.0968 e. The number of rotatable bonds is 4. The average molecular weight is 183 g/mol. The van der Waals surface area contributed by atoms with Crippen LogP contribution in [0.5, 0.6) is 0 Å². The van der Waals surface area contributed by atoms with Gasteiger partial charge in [0.05, 0.1) is 11.8 Å². The molecule has 0 aromatic carbocycles. The van der Waals surface area contributed by atoms with Crippen molar-refractivity contribution in [2.75, 3.05) is 6.54 Å². The zero-order valence-corrected chi connectivity index (χ0v) is 8.14. The Morgan fingerprint density at radius 2 is 2.31 bits per heavy atom. The molecule has 1 aromatic rings. The minimum absolute atomic E-state index is 0.275. The second kappa shape index (κ2) is 4.39. The Hall–Kier alpha value is -0.870. The highest BCUT2D eigenvalue weighted by Gasteiger charge is 2.13. The summed E-state index contributed by atoms with van der Waals surface area (Å²) in [5.41, 5.74) is 6.22. The Morgan fingerprint density at radius 1 is 1.62 bits per heavy atom. The lowest BCUT2D eigenvalue weighted by Crippen LogP contribution is -2.14. The number of aliphatic hydroxyl groups is 1. The molecule has 1 atom stereocenters. The first-order chi connectivity index (χ1) is 6.16. The lowest BCUT2D eigenvalue weighted by atomic mass is 10.2. The molecule has 13 heavy (non-hydrogen) atoms. The van der Waals surface area contributed by atoms with Crippen LogP contribution >= 0.6 is 0 Å². The van der Waals surface area contributed by atoms with Crippen LogP contribution in [0.2, 0.25) is 0 Å². The summed E-state index contributed by atoms with van der Waals surface area (Å²) in [7, 11) is 0. The summed E-state index contributed by atoms with van der Waals surface area (Å²) in [5, 5.41) is 13.8. The molecule has 0 bridgehead atoms. The largest absolute Gasteiger partial charge is 0.387 e. The van der Waals surface area contributed by atoms with Gasteiger partial charge in [-0.25, -0.2) is 0 Å². The molecule has 1 aromatic heterocycles. The Bertz CT molecular complexity index is 257. The van der Waals surface area contributed by atoms with Crippen molar-refractivity contribution in [3.05, 3.63) is 18.0 Å². The van der Waals surface area contributed by atoms with Crippen molar-refractivity contribution in [3.63, 3.8) is 0 Å². The van der Waals surface area contributed by atoms with Crippen molar-refractivity contribution >= 4 is 0 Å². The number of nitrogens with zero attached hydrogens (tertiary/aromatic N) is 2. The van der Waals surface area contributed by atoms with Crippen LogP contribution in [-0.2, 0) is 0 Å². The summed E-state index contributed by atoms with van der Waals surface area (Å²) < 4.78 is 1.82. The highest BCUT2D eigenvalue weighted by atomic mass is 16.3. The van der Waals surface area contributed by atoms with Crippen molar-refractivity contribution in [3.8, 4) is 0 Å². The highest BCUT2D eigenvalue weighted by molar-refractivity contribution is 5.05. The fourth-order valence-corrected chi connectivity index (χ4v) is 1.33. The quantitative estimate of drug-likeness (QED) is 0.727. The number of aliphatic hydroxyl groups excluding tert-OH is 1. The summed E-state index contributed by atoms with van der Waals surface area (Å²) in [6, 6.07) is 2.11. The minimum Gasteiger partial charge on any atom is -0.387 e. The minimum atomic E-state index is -0.491. The van der Waals surface area contributed by atoms with Crippen molar-refractivity contribution in [1.29, 1.82) is 0 Å². The van der Waals surface area contributed by atoms with E-state index in [9.17, 15) is 5.11 Å². The lowest BCUT2D eigenvalue weighted by Gasteiger charge is -2.14. The van der Waals surface area contributed by atoms with Crippen molar-refractivity contribution in [2.45, 2.75) is 32.4 Å². The van der Waals surface area contributed by atoms with Gasteiger partial charge in [0.15, 0.2) is 0 Å². The summed E-state index contributed by atoms with van der Waals surface area (Å²) >= 11 is 0. The molecule has 1 heterocycles. The summed E-state index contributed by atoms with van der Waals surface area (Å²) in [5.74, 6) is 0. The second-order valence-corrected chi connectivity index (χ2v) is 3.39. The Kier molecular flexibility index (Phi) is 3.45. The molecule has 3 N–H and O–H groups in total. The van der Waals surface area contributed by atoms with Crippen LogP contribution in [0.1, 0.15) is 38.1 Å². The van der Waals surface area contributed by atoms with Gasteiger partial charge in [-0.05, 0) is 32.9 Å². The maximum absolute atomic E-state index is 9.70. The fraction of sp³-hybridized carbons (Fsp3) is 0.667. The van der Waals surface area contributed by atoms with E-state index in [-0.39, 0.29) is 6.04 Å². The van der Waals surface area contributed by atoms with Gasteiger partial charge < -0.3 is 10.8 Å². The average Bonchev–Trinajstić information content (AvgIpc) is 2.52. The van der Waals surface area contributed by atoms with Crippen LogP contribution in [0.25, 0.3) is 0 Å². The normalized spacial score (nSPS) is 13.6. The molecule has 1 unspecified atom stereocenters. The van der Waals surface area contributed by atoms with Crippen LogP contribution in [0, 0.1) is 0 Å². The van der Waals surface area contributed by atoms with Crippen LogP contribution in [0.15, 0.2) is 12.3 Å². The maximum Gasteiger partial charge on any atom is 0.0968 e. The zero-order chi connectivity index (χ0) is 9.84. The Balaban J connectivity index is 2.80. The van der Waals surface area contributed by atoms with E-state index in [0.717, 1.165) is 5.69 Å². The maximum atomic E-state index is 9.70. The van der Waals surface area contributed by atoms with Crippen LogP contribution in [-0.4, -0.2) is 21.4 Å². The van der Waals surface area contributed by atoms with Gasteiger partial charge in [0.25, 0.3) is 0 Å². The molecule has 74 valence electrons. The molecule has 0 saturated heterocycles. The molecule has 4 nitrogen and oxygen atoms in total. The van der Waals surface area contributed by atoms with Gasteiger partial charge in [0.1, 0.15) is 0 Å². The van der Waals surface area contributed by atoms with E-state index in [1.54, 1.807) is 6.20 Å². The topological polar surface area (TPSA) is 64.1 Å². The molecule has 1 rings (SSSR count). The number of nitrogens with two attached hydrogens (primary N) is 1. The molecule has 0 radical (unpaired) electrons. The van der Waals surface area contributed by atoms with Crippen molar-refractivity contribution in [2.24, 2.45) is 5.73 Å². The molecule has 0 saturated carbocycles. The van der Waals surface area contributed by atoms with Crippen LogP contribution in [0.3, 0.4) is 0 Å². The first-order valence-corrected chi connectivity index (χ1v) is 4.58. The third-order valence-electron chi connectivity index (χ3n) is 1.97. The number of hydrogen-bond acceptors (Lipinski definition) is 3. The molecule has 0 spiro atoms. The lowest BCUT2D eigenvalue weighted by molar-refractivity contribution is 0.157. The first kappa shape index (κ1) is 10.2. The van der Waals surface area contributed by atoms with Crippen molar-refractivity contribution < 1.29 is 5.11 Å². The van der Waals surface area contributed by atoms with Crippen LogP contribution < -0.4 is 5.73 Å². The summed E-state index contributed by atoms with van der Waals surface area (Å²) in [6.07, 6.45) is 1.79. The molecule has 0 aliphatic heterocycles. The highest BCUT2D eigenvalue weighted by Crippen LogP contribution is 2.18. The van der Waals surface area contributed by atoms with E-state index >= 15 is 0 Å². The van der Waals surface area contributed by atoms with E-state index in [0.29, 0.717) is 13.0 Å². The van der Waals surface area contributed by atoms with Gasteiger partial charge in [0, 0.05) is 12.2 Å².